The first kappa shape index (κ1) is 12.9. The summed E-state index contributed by atoms with van der Waals surface area (Å²) < 4.78 is 0. The molecule has 2 heteroatoms. The van der Waals surface area contributed by atoms with Crippen LogP contribution in [0.1, 0.15) is 39.5 Å². The number of rotatable bonds is 7. The maximum Gasteiger partial charge on any atom is 0.306 e. The van der Waals surface area contributed by atoms with Crippen molar-refractivity contribution in [3.05, 3.63) is 24.3 Å². The maximum absolute atomic E-state index is 10.9. The second-order valence-electron chi connectivity index (χ2n) is 4.03. The molecule has 0 spiro atoms. The van der Waals surface area contributed by atoms with Crippen LogP contribution in [0.15, 0.2) is 24.3 Å². The molecule has 0 aliphatic heterocycles. The van der Waals surface area contributed by atoms with Gasteiger partial charge >= 0.3 is 5.97 Å². The van der Waals surface area contributed by atoms with E-state index < -0.39 is 5.97 Å². The molecule has 0 rings (SSSR count). The SMILES string of the molecule is C=C(C)CCC(CCC(=C)C)C(=O)O. The lowest BCUT2D eigenvalue weighted by Gasteiger charge is -2.11. The van der Waals surface area contributed by atoms with Gasteiger partial charge in [0.1, 0.15) is 0 Å². The van der Waals surface area contributed by atoms with Gasteiger partial charge in [-0.1, -0.05) is 11.1 Å². The standard InChI is InChI=1S/C12H20O2/c1-9(2)5-7-11(12(13)14)8-6-10(3)4/h11H,1,3,5-8H2,2,4H3,(H,13,14). The Labute approximate surface area is 86.3 Å². The second-order valence-corrected chi connectivity index (χ2v) is 4.03. The maximum atomic E-state index is 10.9. The van der Waals surface area contributed by atoms with Crippen molar-refractivity contribution in [2.75, 3.05) is 0 Å². The number of carboxylic acids is 1. The quantitative estimate of drug-likeness (QED) is 0.634. The molecule has 0 atom stereocenters. The van der Waals surface area contributed by atoms with E-state index in [1.54, 1.807) is 0 Å². The van der Waals surface area contributed by atoms with E-state index >= 15 is 0 Å². The molecule has 0 radical (unpaired) electrons. The summed E-state index contributed by atoms with van der Waals surface area (Å²) in [5.74, 6) is -0.948. The zero-order valence-corrected chi connectivity index (χ0v) is 9.18. The Morgan fingerprint density at radius 2 is 1.50 bits per heavy atom. The Morgan fingerprint density at radius 1 is 1.14 bits per heavy atom. The molecule has 2 nitrogen and oxygen atoms in total. The Kier molecular flexibility index (Phi) is 5.93. The van der Waals surface area contributed by atoms with Crippen LogP contribution < -0.4 is 0 Å². The van der Waals surface area contributed by atoms with E-state index in [1.807, 2.05) is 13.8 Å². The minimum absolute atomic E-state index is 0.247. The minimum atomic E-state index is -0.701. The fourth-order valence-electron chi connectivity index (χ4n) is 1.23. The van der Waals surface area contributed by atoms with Gasteiger partial charge in [-0.3, -0.25) is 4.79 Å². The lowest BCUT2D eigenvalue weighted by Crippen LogP contribution is -2.13. The van der Waals surface area contributed by atoms with Gasteiger partial charge < -0.3 is 5.11 Å². The first-order chi connectivity index (χ1) is 6.43. The Morgan fingerprint density at radius 3 is 1.71 bits per heavy atom. The zero-order valence-electron chi connectivity index (χ0n) is 9.18. The zero-order chi connectivity index (χ0) is 11.1. The summed E-state index contributed by atoms with van der Waals surface area (Å²) in [5.41, 5.74) is 2.10. The van der Waals surface area contributed by atoms with Crippen LogP contribution in [0.2, 0.25) is 0 Å². The summed E-state index contributed by atoms with van der Waals surface area (Å²) in [4.78, 5) is 10.9. The summed E-state index contributed by atoms with van der Waals surface area (Å²) in [7, 11) is 0. The van der Waals surface area contributed by atoms with Crippen molar-refractivity contribution >= 4 is 5.97 Å². The van der Waals surface area contributed by atoms with Crippen molar-refractivity contribution < 1.29 is 9.90 Å². The van der Waals surface area contributed by atoms with E-state index in [-0.39, 0.29) is 5.92 Å². The van der Waals surface area contributed by atoms with Crippen molar-refractivity contribution in [2.24, 2.45) is 5.92 Å². The van der Waals surface area contributed by atoms with Gasteiger partial charge in [0.15, 0.2) is 0 Å². The van der Waals surface area contributed by atoms with Gasteiger partial charge in [0, 0.05) is 0 Å². The third kappa shape index (κ3) is 6.46. The molecule has 0 aromatic heterocycles. The van der Waals surface area contributed by atoms with Gasteiger partial charge in [-0.15, -0.1) is 13.2 Å². The van der Waals surface area contributed by atoms with Crippen LogP contribution >= 0.6 is 0 Å². The fourth-order valence-corrected chi connectivity index (χ4v) is 1.23. The van der Waals surface area contributed by atoms with Gasteiger partial charge in [0.25, 0.3) is 0 Å². The van der Waals surface area contributed by atoms with Gasteiger partial charge in [-0.2, -0.15) is 0 Å². The van der Waals surface area contributed by atoms with E-state index in [1.165, 1.54) is 0 Å². The minimum Gasteiger partial charge on any atom is -0.481 e. The predicted octanol–water partition coefficient (Wildman–Crippen LogP) is 3.40. The van der Waals surface area contributed by atoms with E-state index in [9.17, 15) is 4.79 Å². The lowest BCUT2D eigenvalue weighted by atomic mass is 9.94. The van der Waals surface area contributed by atoms with Gasteiger partial charge in [0.2, 0.25) is 0 Å². The molecule has 14 heavy (non-hydrogen) atoms. The molecule has 0 fully saturated rings. The van der Waals surface area contributed by atoms with Crippen LogP contribution in [-0.4, -0.2) is 11.1 Å². The molecule has 0 aliphatic carbocycles. The topological polar surface area (TPSA) is 37.3 Å². The first-order valence-corrected chi connectivity index (χ1v) is 4.95. The molecule has 80 valence electrons. The average molecular weight is 196 g/mol. The van der Waals surface area contributed by atoms with Crippen LogP contribution in [0.25, 0.3) is 0 Å². The van der Waals surface area contributed by atoms with Crippen molar-refractivity contribution in [2.45, 2.75) is 39.5 Å². The van der Waals surface area contributed by atoms with Crippen LogP contribution in [0.5, 0.6) is 0 Å². The largest absolute Gasteiger partial charge is 0.481 e. The molecule has 0 unspecified atom stereocenters. The highest BCUT2D eigenvalue weighted by Crippen LogP contribution is 2.18. The number of hydrogen-bond acceptors (Lipinski definition) is 1. The number of hydrogen-bond donors (Lipinski definition) is 1. The third-order valence-electron chi connectivity index (χ3n) is 2.19. The smallest absolute Gasteiger partial charge is 0.306 e. The molecule has 0 amide bonds. The summed E-state index contributed by atoms with van der Waals surface area (Å²) in [6.07, 6.45) is 2.98. The number of carboxylic acid groups (broad SMARTS) is 1. The molecule has 0 aromatic carbocycles. The second kappa shape index (κ2) is 6.41. The Hall–Kier alpha value is -1.05. The number of aliphatic carboxylic acids is 1. The summed E-state index contributed by atoms with van der Waals surface area (Å²) >= 11 is 0. The van der Waals surface area contributed by atoms with E-state index in [0.29, 0.717) is 12.8 Å². The molecule has 0 aromatic rings. The summed E-state index contributed by atoms with van der Waals surface area (Å²) in [6, 6.07) is 0. The molecule has 0 bridgehead atoms. The van der Waals surface area contributed by atoms with E-state index in [0.717, 1.165) is 24.0 Å². The number of carbonyl (C=O) groups is 1. The Balaban J connectivity index is 3.96. The molecule has 0 aliphatic rings. The normalized spacial score (nSPS) is 10.2. The van der Waals surface area contributed by atoms with Crippen LogP contribution in [0.3, 0.4) is 0 Å². The molecule has 0 saturated carbocycles. The molecule has 1 N–H and O–H groups in total. The van der Waals surface area contributed by atoms with Gasteiger partial charge in [-0.25, -0.2) is 0 Å². The Bertz CT molecular complexity index is 210. The van der Waals surface area contributed by atoms with Crippen molar-refractivity contribution in [3.8, 4) is 0 Å². The van der Waals surface area contributed by atoms with Crippen molar-refractivity contribution in [1.82, 2.24) is 0 Å². The third-order valence-corrected chi connectivity index (χ3v) is 2.19. The lowest BCUT2D eigenvalue weighted by molar-refractivity contribution is -0.142. The highest BCUT2D eigenvalue weighted by atomic mass is 16.4. The van der Waals surface area contributed by atoms with Crippen LogP contribution in [0.4, 0.5) is 0 Å². The van der Waals surface area contributed by atoms with Crippen LogP contribution in [-0.2, 0) is 4.79 Å². The monoisotopic (exact) mass is 196 g/mol. The molecular formula is C12H20O2. The van der Waals surface area contributed by atoms with E-state index in [2.05, 4.69) is 13.2 Å². The van der Waals surface area contributed by atoms with Crippen molar-refractivity contribution in [1.29, 1.82) is 0 Å². The summed E-state index contributed by atoms with van der Waals surface area (Å²) in [6.45, 7) is 11.4. The fraction of sp³-hybridized carbons (Fsp3) is 0.583. The average Bonchev–Trinajstić information content (AvgIpc) is 2.02. The summed E-state index contributed by atoms with van der Waals surface area (Å²) in [5, 5.41) is 8.94. The number of allylic oxidation sites excluding steroid dienone is 2. The highest BCUT2D eigenvalue weighted by Gasteiger charge is 2.16. The van der Waals surface area contributed by atoms with Gasteiger partial charge in [0.05, 0.1) is 5.92 Å². The van der Waals surface area contributed by atoms with Gasteiger partial charge in [-0.05, 0) is 39.5 Å². The first-order valence-electron chi connectivity index (χ1n) is 4.95. The van der Waals surface area contributed by atoms with Crippen LogP contribution in [0, 0.1) is 5.92 Å². The molecule has 0 saturated heterocycles. The highest BCUT2D eigenvalue weighted by molar-refractivity contribution is 5.69. The predicted molar refractivity (Wildman–Crippen MR) is 59.2 cm³/mol. The molecular weight excluding hydrogens is 176 g/mol. The van der Waals surface area contributed by atoms with E-state index in [4.69, 9.17) is 5.11 Å². The molecule has 0 heterocycles. The van der Waals surface area contributed by atoms with Crippen molar-refractivity contribution in [3.63, 3.8) is 0 Å².